The van der Waals surface area contributed by atoms with Gasteiger partial charge in [-0.1, -0.05) is 0 Å². The summed E-state index contributed by atoms with van der Waals surface area (Å²) in [5.74, 6) is 0.660. The number of rotatable bonds is 7. The van der Waals surface area contributed by atoms with E-state index < -0.39 is 6.09 Å². The summed E-state index contributed by atoms with van der Waals surface area (Å²) in [5.41, 5.74) is 4.75. The van der Waals surface area contributed by atoms with E-state index in [9.17, 15) is 9.59 Å². The van der Waals surface area contributed by atoms with Crippen molar-refractivity contribution in [1.82, 2.24) is 10.6 Å². The van der Waals surface area contributed by atoms with Crippen molar-refractivity contribution in [3.05, 3.63) is 0 Å². The van der Waals surface area contributed by atoms with Gasteiger partial charge >= 0.3 is 6.09 Å². The Balaban J connectivity index is 1.85. The standard InChI is InChI=1S/C9H17N3O3/c10-9(14)15-4-3-11-6-8(13)12-5-7-1-2-7/h7,11H,1-6H2,(H2,10,14)(H,12,13). The van der Waals surface area contributed by atoms with Crippen molar-refractivity contribution in [3.8, 4) is 0 Å². The third kappa shape index (κ3) is 6.73. The lowest BCUT2D eigenvalue weighted by molar-refractivity contribution is -0.120. The van der Waals surface area contributed by atoms with Crippen LogP contribution in [0.2, 0.25) is 0 Å². The molecule has 2 amide bonds. The van der Waals surface area contributed by atoms with E-state index in [2.05, 4.69) is 15.4 Å². The van der Waals surface area contributed by atoms with Crippen LogP contribution in [0.1, 0.15) is 12.8 Å². The second-order valence-corrected chi connectivity index (χ2v) is 3.59. The zero-order valence-corrected chi connectivity index (χ0v) is 8.62. The number of carbonyl (C=O) groups is 2. The van der Waals surface area contributed by atoms with Crippen molar-refractivity contribution in [2.45, 2.75) is 12.8 Å². The first-order chi connectivity index (χ1) is 7.18. The molecule has 0 aliphatic heterocycles. The molecule has 0 aromatic heterocycles. The zero-order chi connectivity index (χ0) is 11.1. The predicted octanol–water partition coefficient (Wildman–Crippen LogP) is -0.802. The molecule has 6 nitrogen and oxygen atoms in total. The fourth-order valence-electron chi connectivity index (χ4n) is 1.07. The molecule has 0 bridgehead atoms. The summed E-state index contributed by atoms with van der Waals surface area (Å²) in [6.45, 7) is 1.64. The minimum Gasteiger partial charge on any atom is -0.448 e. The first-order valence-electron chi connectivity index (χ1n) is 5.08. The Morgan fingerprint density at radius 2 is 2.13 bits per heavy atom. The van der Waals surface area contributed by atoms with Crippen molar-refractivity contribution in [2.24, 2.45) is 11.7 Å². The Bertz CT molecular complexity index is 229. The highest BCUT2D eigenvalue weighted by molar-refractivity contribution is 5.77. The lowest BCUT2D eigenvalue weighted by Crippen LogP contribution is -2.36. The van der Waals surface area contributed by atoms with E-state index in [1.807, 2.05) is 0 Å². The molecule has 0 aromatic rings. The monoisotopic (exact) mass is 215 g/mol. The van der Waals surface area contributed by atoms with E-state index in [0.29, 0.717) is 12.5 Å². The molecular formula is C9H17N3O3. The third-order valence-electron chi connectivity index (χ3n) is 2.09. The third-order valence-corrected chi connectivity index (χ3v) is 2.09. The van der Waals surface area contributed by atoms with Crippen LogP contribution in [0.3, 0.4) is 0 Å². The van der Waals surface area contributed by atoms with Crippen molar-refractivity contribution in [2.75, 3.05) is 26.2 Å². The number of primary amides is 1. The molecular weight excluding hydrogens is 198 g/mol. The Morgan fingerprint density at radius 3 is 2.73 bits per heavy atom. The summed E-state index contributed by atoms with van der Waals surface area (Å²) in [4.78, 5) is 21.3. The maximum absolute atomic E-state index is 11.2. The number of nitrogens with two attached hydrogens (primary N) is 1. The highest BCUT2D eigenvalue weighted by Crippen LogP contribution is 2.27. The summed E-state index contributed by atoms with van der Waals surface area (Å²) < 4.78 is 4.48. The lowest BCUT2D eigenvalue weighted by Gasteiger charge is -2.05. The molecule has 1 fully saturated rings. The van der Waals surface area contributed by atoms with Gasteiger partial charge in [0.15, 0.2) is 0 Å². The molecule has 1 rings (SSSR count). The van der Waals surface area contributed by atoms with Crippen LogP contribution in [0, 0.1) is 5.92 Å². The fraction of sp³-hybridized carbons (Fsp3) is 0.778. The topological polar surface area (TPSA) is 93.5 Å². The van der Waals surface area contributed by atoms with Crippen LogP contribution < -0.4 is 16.4 Å². The Morgan fingerprint density at radius 1 is 1.40 bits per heavy atom. The molecule has 1 aliphatic carbocycles. The average Bonchev–Trinajstić information content (AvgIpc) is 2.97. The molecule has 0 radical (unpaired) electrons. The van der Waals surface area contributed by atoms with Crippen molar-refractivity contribution < 1.29 is 14.3 Å². The van der Waals surface area contributed by atoms with Gasteiger partial charge < -0.3 is 21.1 Å². The summed E-state index contributed by atoms with van der Waals surface area (Å²) >= 11 is 0. The van der Waals surface area contributed by atoms with E-state index in [4.69, 9.17) is 5.73 Å². The van der Waals surface area contributed by atoms with Gasteiger partial charge in [0.1, 0.15) is 6.61 Å². The van der Waals surface area contributed by atoms with Crippen LogP contribution in [0.4, 0.5) is 4.79 Å². The summed E-state index contributed by atoms with van der Waals surface area (Å²) in [7, 11) is 0. The normalized spacial score (nSPS) is 14.7. The van der Waals surface area contributed by atoms with Crippen LogP contribution >= 0.6 is 0 Å². The van der Waals surface area contributed by atoms with E-state index >= 15 is 0 Å². The molecule has 0 unspecified atom stereocenters. The summed E-state index contributed by atoms with van der Waals surface area (Å²) in [5, 5.41) is 5.65. The molecule has 0 spiro atoms. The number of carbonyl (C=O) groups excluding carboxylic acids is 2. The van der Waals surface area contributed by atoms with Gasteiger partial charge in [0.2, 0.25) is 5.91 Å². The molecule has 4 N–H and O–H groups in total. The molecule has 0 heterocycles. The first-order valence-corrected chi connectivity index (χ1v) is 5.08. The largest absolute Gasteiger partial charge is 0.448 e. The second kappa shape index (κ2) is 6.23. The Labute approximate surface area is 88.5 Å². The molecule has 86 valence electrons. The zero-order valence-electron chi connectivity index (χ0n) is 8.62. The van der Waals surface area contributed by atoms with E-state index in [1.165, 1.54) is 12.8 Å². The highest BCUT2D eigenvalue weighted by Gasteiger charge is 2.21. The number of hydrogen-bond donors (Lipinski definition) is 3. The Hall–Kier alpha value is -1.30. The summed E-state index contributed by atoms with van der Waals surface area (Å²) in [6.07, 6.45) is 1.65. The van der Waals surface area contributed by atoms with Crippen molar-refractivity contribution >= 4 is 12.0 Å². The maximum atomic E-state index is 11.2. The molecule has 0 atom stereocenters. The highest BCUT2D eigenvalue weighted by atomic mass is 16.5. The SMILES string of the molecule is NC(=O)OCCNCC(=O)NCC1CC1. The van der Waals surface area contributed by atoms with Crippen LogP contribution in [0.5, 0.6) is 0 Å². The van der Waals surface area contributed by atoms with Gasteiger partial charge in [-0.2, -0.15) is 0 Å². The number of ether oxygens (including phenoxy) is 1. The molecule has 15 heavy (non-hydrogen) atoms. The molecule has 6 heteroatoms. The number of hydrogen-bond acceptors (Lipinski definition) is 4. The average molecular weight is 215 g/mol. The number of amides is 2. The minimum absolute atomic E-state index is 0.0269. The van der Waals surface area contributed by atoms with Crippen LogP contribution in [-0.2, 0) is 9.53 Å². The Kier molecular flexibility index (Phi) is 4.89. The molecule has 0 aromatic carbocycles. The van der Waals surface area contributed by atoms with Gasteiger partial charge in [0, 0.05) is 13.1 Å². The van der Waals surface area contributed by atoms with Crippen LogP contribution in [0.15, 0.2) is 0 Å². The van der Waals surface area contributed by atoms with E-state index in [0.717, 1.165) is 6.54 Å². The van der Waals surface area contributed by atoms with Gasteiger partial charge in [-0.05, 0) is 18.8 Å². The maximum Gasteiger partial charge on any atom is 0.404 e. The van der Waals surface area contributed by atoms with Gasteiger partial charge in [0.05, 0.1) is 6.54 Å². The smallest absolute Gasteiger partial charge is 0.404 e. The summed E-state index contributed by atoms with van der Waals surface area (Å²) in [6, 6.07) is 0. The molecule has 1 aliphatic rings. The number of nitrogens with one attached hydrogen (secondary N) is 2. The predicted molar refractivity (Wildman–Crippen MR) is 54.1 cm³/mol. The molecule has 1 saturated carbocycles. The fourth-order valence-corrected chi connectivity index (χ4v) is 1.07. The van der Waals surface area contributed by atoms with E-state index in [-0.39, 0.29) is 19.1 Å². The van der Waals surface area contributed by atoms with Crippen LogP contribution in [-0.4, -0.2) is 38.2 Å². The van der Waals surface area contributed by atoms with Gasteiger partial charge in [-0.25, -0.2) is 4.79 Å². The molecule has 0 saturated heterocycles. The first kappa shape index (κ1) is 11.8. The quantitative estimate of drug-likeness (QED) is 0.484. The van der Waals surface area contributed by atoms with Gasteiger partial charge in [-0.3, -0.25) is 4.79 Å². The van der Waals surface area contributed by atoms with Gasteiger partial charge in [-0.15, -0.1) is 0 Å². The van der Waals surface area contributed by atoms with Crippen molar-refractivity contribution in [1.29, 1.82) is 0 Å². The van der Waals surface area contributed by atoms with Crippen molar-refractivity contribution in [3.63, 3.8) is 0 Å². The lowest BCUT2D eigenvalue weighted by atomic mass is 10.4. The minimum atomic E-state index is -0.796. The van der Waals surface area contributed by atoms with Gasteiger partial charge in [0.25, 0.3) is 0 Å². The van der Waals surface area contributed by atoms with E-state index in [1.54, 1.807) is 0 Å². The van der Waals surface area contributed by atoms with Crippen LogP contribution in [0.25, 0.3) is 0 Å². The second-order valence-electron chi connectivity index (χ2n) is 3.59.